The van der Waals surface area contributed by atoms with Crippen LogP contribution >= 0.6 is 0 Å². The predicted octanol–water partition coefficient (Wildman–Crippen LogP) is 0.819. The number of ether oxygens (including phenoxy) is 5. The number of rotatable bonds is 14. The Morgan fingerprint density at radius 2 is 1.20 bits per heavy atom. The summed E-state index contributed by atoms with van der Waals surface area (Å²) in [5.41, 5.74) is 0. The van der Waals surface area contributed by atoms with Crippen LogP contribution in [0, 0.1) is 0 Å². The minimum atomic E-state index is -0.420. The second-order valence-electron chi connectivity index (χ2n) is 3.70. The Bertz CT molecular complexity index is 215. The fourth-order valence-corrected chi connectivity index (χ4v) is 1.19. The molecule has 120 valence electrons. The third-order valence-corrected chi connectivity index (χ3v) is 2.10. The largest absolute Gasteiger partial charge is 0.447 e. The number of carbonyl (C=O) groups is 1. The van der Waals surface area contributed by atoms with Gasteiger partial charge in [-0.15, -0.1) is 0 Å². The van der Waals surface area contributed by atoms with Crippen LogP contribution in [0.2, 0.25) is 0 Å². The topological polar surface area (TPSA) is 75.3 Å². The fourth-order valence-electron chi connectivity index (χ4n) is 1.19. The van der Waals surface area contributed by atoms with Crippen LogP contribution in [0.15, 0.2) is 0 Å². The number of carbonyl (C=O) groups excluding carboxylic acids is 1. The van der Waals surface area contributed by atoms with Crippen molar-refractivity contribution in [3.05, 3.63) is 0 Å². The Hall–Kier alpha value is -0.890. The average Bonchev–Trinajstić information content (AvgIpc) is 2.44. The predicted molar refractivity (Wildman–Crippen MR) is 74.0 cm³/mol. The highest BCUT2D eigenvalue weighted by molar-refractivity contribution is 5.66. The van der Waals surface area contributed by atoms with E-state index in [1.807, 2.05) is 13.8 Å². The summed E-state index contributed by atoms with van der Waals surface area (Å²) < 4.78 is 25.8. The molecule has 0 aliphatic heterocycles. The number of alkyl carbamates (subject to hydrolysis) is 1. The van der Waals surface area contributed by atoms with E-state index in [9.17, 15) is 4.79 Å². The standard InChI is InChI=1S/C13H27NO6/c1-3-14-13(15)20-12-11-19-10-9-18-8-7-17-6-5-16-4-2/h3-12H2,1-2H3,(H,14,15). The van der Waals surface area contributed by atoms with Crippen molar-refractivity contribution in [1.82, 2.24) is 5.32 Å². The lowest BCUT2D eigenvalue weighted by molar-refractivity contribution is -0.00544. The molecule has 0 rings (SSSR count). The van der Waals surface area contributed by atoms with Gasteiger partial charge in [-0.2, -0.15) is 0 Å². The molecule has 0 aliphatic carbocycles. The molecule has 1 amide bonds. The quantitative estimate of drug-likeness (QED) is 0.478. The van der Waals surface area contributed by atoms with Gasteiger partial charge < -0.3 is 29.0 Å². The lowest BCUT2D eigenvalue weighted by Crippen LogP contribution is -2.25. The maximum absolute atomic E-state index is 10.9. The molecule has 0 unspecified atom stereocenters. The van der Waals surface area contributed by atoms with Gasteiger partial charge in [0.15, 0.2) is 0 Å². The summed E-state index contributed by atoms with van der Waals surface area (Å²) in [4.78, 5) is 10.9. The number of nitrogens with one attached hydrogen (secondary N) is 1. The summed E-state index contributed by atoms with van der Waals surface area (Å²) >= 11 is 0. The van der Waals surface area contributed by atoms with E-state index in [0.717, 1.165) is 0 Å². The van der Waals surface area contributed by atoms with Gasteiger partial charge in [-0.05, 0) is 13.8 Å². The van der Waals surface area contributed by atoms with E-state index < -0.39 is 6.09 Å². The van der Waals surface area contributed by atoms with Gasteiger partial charge in [0.25, 0.3) is 0 Å². The van der Waals surface area contributed by atoms with E-state index in [2.05, 4.69) is 5.32 Å². The zero-order chi connectivity index (χ0) is 14.9. The van der Waals surface area contributed by atoms with Gasteiger partial charge in [0.2, 0.25) is 0 Å². The zero-order valence-corrected chi connectivity index (χ0v) is 12.5. The summed E-state index contributed by atoms with van der Waals surface area (Å²) in [6.07, 6.45) is -0.420. The molecule has 0 aromatic carbocycles. The van der Waals surface area contributed by atoms with Gasteiger partial charge in [0, 0.05) is 13.2 Å². The minimum absolute atomic E-state index is 0.242. The monoisotopic (exact) mass is 293 g/mol. The Morgan fingerprint density at radius 3 is 1.65 bits per heavy atom. The first-order valence-electron chi connectivity index (χ1n) is 7.02. The highest BCUT2D eigenvalue weighted by Gasteiger charge is 1.98. The van der Waals surface area contributed by atoms with Crippen LogP contribution in [-0.2, 0) is 23.7 Å². The molecular weight excluding hydrogens is 266 g/mol. The molecular formula is C13H27NO6. The average molecular weight is 293 g/mol. The van der Waals surface area contributed by atoms with Crippen LogP contribution < -0.4 is 5.32 Å². The Kier molecular flexibility index (Phi) is 15.4. The van der Waals surface area contributed by atoms with Gasteiger partial charge in [-0.3, -0.25) is 0 Å². The SMILES string of the molecule is CCNC(=O)OCCOCCOCCOCCOCC. The maximum atomic E-state index is 10.9. The van der Waals surface area contributed by atoms with Crippen molar-refractivity contribution >= 4 is 6.09 Å². The minimum Gasteiger partial charge on any atom is -0.447 e. The van der Waals surface area contributed by atoms with Crippen molar-refractivity contribution in [2.45, 2.75) is 13.8 Å². The van der Waals surface area contributed by atoms with Crippen LogP contribution in [0.4, 0.5) is 4.79 Å². The van der Waals surface area contributed by atoms with Crippen LogP contribution in [0.1, 0.15) is 13.8 Å². The van der Waals surface area contributed by atoms with E-state index in [1.165, 1.54) is 0 Å². The Labute approximate surface area is 120 Å². The van der Waals surface area contributed by atoms with Crippen molar-refractivity contribution in [2.24, 2.45) is 0 Å². The summed E-state index contributed by atoms with van der Waals surface area (Å²) in [7, 11) is 0. The molecule has 7 nitrogen and oxygen atoms in total. The molecule has 0 aromatic rings. The Balaban J connectivity index is 3.01. The molecule has 0 fully saturated rings. The van der Waals surface area contributed by atoms with Crippen molar-refractivity contribution in [1.29, 1.82) is 0 Å². The number of amides is 1. The van der Waals surface area contributed by atoms with Crippen molar-refractivity contribution in [3.8, 4) is 0 Å². The smallest absolute Gasteiger partial charge is 0.407 e. The van der Waals surface area contributed by atoms with E-state index in [0.29, 0.717) is 59.4 Å². The normalized spacial score (nSPS) is 10.5. The first-order chi connectivity index (χ1) is 9.81. The van der Waals surface area contributed by atoms with E-state index >= 15 is 0 Å². The molecule has 0 saturated carbocycles. The molecule has 0 saturated heterocycles. The third kappa shape index (κ3) is 15.2. The summed E-state index contributed by atoms with van der Waals surface area (Å²) in [5, 5.41) is 2.52. The van der Waals surface area contributed by atoms with Gasteiger partial charge in [0.05, 0.1) is 46.2 Å². The first kappa shape index (κ1) is 19.1. The highest BCUT2D eigenvalue weighted by Crippen LogP contribution is 1.84. The summed E-state index contributed by atoms with van der Waals surface area (Å²) in [5.74, 6) is 0. The van der Waals surface area contributed by atoms with Crippen LogP contribution in [-0.4, -0.2) is 72.1 Å². The van der Waals surface area contributed by atoms with Crippen molar-refractivity contribution in [3.63, 3.8) is 0 Å². The second-order valence-corrected chi connectivity index (χ2v) is 3.70. The number of hydrogen-bond donors (Lipinski definition) is 1. The van der Waals surface area contributed by atoms with Crippen LogP contribution in [0.5, 0.6) is 0 Å². The summed E-state index contributed by atoms with van der Waals surface area (Å²) in [6, 6.07) is 0. The molecule has 0 atom stereocenters. The molecule has 0 radical (unpaired) electrons. The molecule has 0 bridgehead atoms. The van der Waals surface area contributed by atoms with E-state index in [1.54, 1.807) is 0 Å². The van der Waals surface area contributed by atoms with E-state index in [-0.39, 0.29) is 6.61 Å². The molecule has 0 heterocycles. The van der Waals surface area contributed by atoms with Gasteiger partial charge >= 0.3 is 6.09 Å². The number of hydrogen-bond acceptors (Lipinski definition) is 6. The zero-order valence-electron chi connectivity index (χ0n) is 12.5. The maximum Gasteiger partial charge on any atom is 0.407 e. The third-order valence-electron chi connectivity index (χ3n) is 2.10. The van der Waals surface area contributed by atoms with Gasteiger partial charge in [-0.25, -0.2) is 4.79 Å². The van der Waals surface area contributed by atoms with Crippen molar-refractivity contribution in [2.75, 3.05) is 66.0 Å². The van der Waals surface area contributed by atoms with Crippen molar-refractivity contribution < 1.29 is 28.5 Å². The molecule has 0 spiro atoms. The Morgan fingerprint density at radius 1 is 0.750 bits per heavy atom. The lowest BCUT2D eigenvalue weighted by atomic mass is 10.7. The fraction of sp³-hybridized carbons (Fsp3) is 0.923. The molecule has 20 heavy (non-hydrogen) atoms. The van der Waals surface area contributed by atoms with Gasteiger partial charge in [-0.1, -0.05) is 0 Å². The molecule has 1 N–H and O–H groups in total. The molecule has 0 aromatic heterocycles. The van der Waals surface area contributed by atoms with Crippen LogP contribution in [0.25, 0.3) is 0 Å². The highest BCUT2D eigenvalue weighted by atomic mass is 16.6. The molecule has 7 heteroatoms. The van der Waals surface area contributed by atoms with E-state index in [4.69, 9.17) is 23.7 Å². The van der Waals surface area contributed by atoms with Crippen LogP contribution in [0.3, 0.4) is 0 Å². The summed E-state index contributed by atoms with van der Waals surface area (Å²) in [6.45, 7) is 8.90. The molecule has 0 aliphatic rings. The van der Waals surface area contributed by atoms with Gasteiger partial charge in [0.1, 0.15) is 6.61 Å². The first-order valence-corrected chi connectivity index (χ1v) is 7.02. The second kappa shape index (κ2) is 16.2. The lowest BCUT2D eigenvalue weighted by Gasteiger charge is -2.07.